The maximum Gasteiger partial charge on any atom is 0.117 e. The van der Waals surface area contributed by atoms with Gasteiger partial charge in [0.15, 0.2) is 0 Å². The topological polar surface area (TPSA) is 36.8 Å². The van der Waals surface area contributed by atoms with Gasteiger partial charge in [-0.05, 0) is 30.7 Å². The van der Waals surface area contributed by atoms with E-state index in [0.717, 1.165) is 29.3 Å². The lowest BCUT2D eigenvalue weighted by Gasteiger charge is -2.45. The first-order valence-corrected chi connectivity index (χ1v) is 9.77. The largest absolute Gasteiger partial charge is 0.389 e. The Hall–Kier alpha value is -1.06. The molecule has 134 valence electrons. The Morgan fingerprint density at radius 2 is 1.52 bits per heavy atom. The minimum absolute atomic E-state index is 0.164. The fourth-order valence-electron chi connectivity index (χ4n) is 4.17. The Balaban J connectivity index is 1.95. The second-order valence-electron chi connectivity index (χ2n) is 7.27. The molecule has 1 heterocycles. The molecule has 4 heteroatoms. The molecule has 1 saturated heterocycles. The summed E-state index contributed by atoms with van der Waals surface area (Å²) in [6.07, 6.45) is 2.55. The lowest BCUT2D eigenvalue weighted by molar-refractivity contribution is -0.756. The SMILES string of the molecule is CCCC1(O)CC(c2ccc(Cl)cc2)[NH2+]C(c2ccc(Cl)cc2)C1C. The van der Waals surface area contributed by atoms with Crippen LogP contribution < -0.4 is 5.32 Å². The highest BCUT2D eigenvalue weighted by molar-refractivity contribution is 6.30. The summed E-state index contributed by atoms with van der Waals surface area (Å²) in [5, 5.41) is 15.3. The van der Waals surface area contributed by atoms with Crippen molar-refractivity contribution in [2.75, 3.05) is 0 Å². The molecule has 2 aromatic carbocycles. The molecule has 0 bridgehead atoms. The Bertz CT molecular complexity index is 701. The van der Waals surface area contributed by atoms with E-state index < -0.39 is 5.60 Å². The van der Waals surface area contributed by atoms with E-state index in [1.165, 1.54) is 11.1 Å². The molecule has 0 saturated carbocycles. The summed E-state index contributed by atoms with van der Waals surface area (Å²) in [7, 11) is 0. The van der Waals surface area contributed by atoms with Gasteiger partial charge in [0.2, 0.25) is 0 Å². The molecular formula is C21H26Cl2NO+. The van der Waals surface area contributed by atoms with Crippen LogP contribution in [0.1, 0.15) is 56.3 Å². The molecule has 0 spiro atoms. The zero-order chi connectivity index (χ0) is 18.0. The van der Waals surface area contributed by atoms with Gasteiger partial charge in [0, 0.05) is 33.5 Å². The summed E-state index contributed by atoms with van der Waals surface area (Å²) in [5.41, 5.74) is 1.76. The van der Waals surface area contributed by atoms with Gasteiger partial charge in [-0.3, -0.25) is 0 Å². The van der Waals surface area contributed by atoms with Gasteiger partial charge >= 0.3 is 0 Å². The predicted molar refractivity (Wildman–Crippen MR) is 104 cm³/mol. The quantitative estimate of drug-likeness (QED) is 0.778. The van der Waals surface area contributed by atoms with E-state index in [2.05, 4.69) is 43.4 Å². The Kier molecular flexibility index (Phi) is 5.75. The summed E-state index contributed by atoms with van der Waals surface area (Å²) >= 11 is 12.1. The van der Waals surface area contributed by atoms with Crippen molar-refractivity contribution in [1.82, 2.24) is 0 Å². The average molecular weight is 379 g/mol. The fourth-order valence-corrected chi connectivity index (χ4v) is 4.42. The van der Waals surface area contributed by atoms with E-state index in [9.17, 15) is 5.11 Å². The predicted octanol–water partition coefficient (Wildman–Crippen LogP) is 4.91. The molecule has 4 atom stereocenters. The average Bonchev–Trinajstić information content (AvgIpc) is 2.59. The number of benzene rings is 2. The Morgan fingerprint density at radius 3 is 2.04 bits per heavy atom. The molecule has 0 aromatic heterocycles. The molecule has 4 unspecified atom stereocenters. The van der Waals surface area contributed by atoms with Gasteiger partial charge in [-0.25, -0.2) is 0 Å². The molecular weight excluding hydrogens is 353 g/mol. The van der Waals surface area contributed by atoms with Crippen LogP contribution in [-0.2, 0) is 0 Å². The number of aliphatic hydroxyl groups is 1. The van der Waals surface area contributed by atoms with Gasteiger partial charge in [-0.1, -0.05) is 67.7 Å². The van der Waals surface area contributed by atoms with Crippen LogP contribution in [0.5, 0.6) is 0 Å². The molecule has 0 radical (unpaired) electrons. The number of hydrogen-bond donors (Lipinski definition) is 2. The van der Waals surface area contributed by atoms with Gasteiger partial charge in [-0.15, -0.1) is 0 Å². The van der Waals surface area contributed by atoms with Gasteiger partial charge in [0.25, 0.3) is 0 Å². The first-order valence-electron chi connectivity index (χ1n) is 9.01. The van der Waals surface area contributed by atoms with Crippen LogP contribution in [0.3, 0.4) is 0 Å². The third-order valence-electron chi connectivity index (χ3n) is 5.64. The van der Waals surface area contributed by atoms with E-state index in [1.807, 2.05) is 24.3 Å². The van der Waals surface area contributed by atoms with Gasteiger partial charge in [-0.2, -0.15) is 0 Å². The third-order valence-corrected chi connectivity index (χ3v) is 6.14. The highest BCUT2D eigenvalue weighted by atomic mass is 35.5. The first-order chi connectivity index (χ1) is 11.9. The molecule has 3 N–H and O–H groups in total. The summed E-state index contributed by atoms with van der Waals surface area (Å²) in [6, 6.07) is 16.4. The standard InChI is InChI=1S/C21H25Cl2NO/c1-3-12-21(25)13-19(15-4-8-17(22)9-5-15)24-20(14(21)2)16-6-10-18(23)11-7-16/h4-11,14,19-20,24-25H,3,12-13H2,1-2H3/p+1. The van der Waals surface area contributed by atoms with Crippen molar-refractivity contribution in [2.45, 2.75) is 50.8 Å². The van der Waals surface area contributed by atoms with E-state index >= 15 is 0 Å². The summed E-state index contributed by atoms with van der Waals surface area (Å²) in [4.78, 5) is 0. The monoisotopic (exact) mass is 378 g/mol. The van der Waals surface area contributed by atoms with Crippen molar-refractivity contribution in [3.63, 3.8) is 0 Å². The molecule has 0 aliphatic carbocycles. The van der Waals surface area contributed by atoms with Crippen LogP contribution in [0, 0.1) is 5.92 Å². The van der Waals surface area contributed by atoms with Gasteiger partial charge in [0.1, 0.15) is 12.1 Å². The molecule has 2 nitrogen and oxygen atoms in total. The lowest BCUT2D eigenvalue weighted by atomic mass is 9.70. The maximum atomic E-state index is 11.4. The molecule has 1 fully saturated rings. The smallest absolute Gasteiger partial charge is 0.117 e. The number of halogens is 2. The third kappa shape index (κ3) is 4.03. The van der Waals surface area contributed by atoms with E-state index in [-0.39, 0.29) is 18.0 Å². The molecule has 0 amide bonds. The highest BCUT2D eigenvalue weighted by Gasteiger charge is 2.48. The van der Waals surface area contributed by atoms with Crippen LogP contribution in [0.2, 0.25) is 10.0 Å². The number of hydrogen-bond acceptors (Lipinski definition) is 1. The maximum absolute atomic E-state index is 11.4. The Labute approximate surface area is 160 Å². The normalized spacial score (nSPS) is 29.6. The zero-order valence-electron chi connectivity index (χ0n) is 14.8. The van der Waals surface area contributed by atoms with Crippen LogP contribution in [0.25, 0.3) is 0 Å². The second-order valence-corrected chi connectivity index (χ2v) is 8.15. The van der Waals surface area contributed by atoms with Gasteiger partial charge in [0.05, 0.1) is 5.60 Å². The van der Waals surface area contributed by atoms with E-state index in [4.69, 9.17) is 23.2 Å². The second kappa shape index (κ2) is 7.67. The molecule has 1 aliphatic rings. The molecule has 25 heavy (non-hydrogen) atoms. The van der Waals surface area contributed by atoms with Crippen molar-refractivity contribution in [1.29, 1.82) is 0 Å². The van der Waals surface area contributed by atoms with Gasteiger partial charge < -0.3 is 10.4 Å². The number of quaternary nitrogens is 1. The molecule has 2 aromatic rings. The first kappa shape index (κ1) is 18.7. The minimum atomic E-state index is -0.669. The number of rotatable bonds is 4. The summed E-state index contributed by atoms with van der Waals surface area (Å²) in [5.74, 6) is 0.164. The van der Waals surface area contributed by atoms with Crippen molar-refractivity contribution in [2.24, 2.45) is 5.92 Å². The molecule has 1 aliphatic heterocycles. The highest BCUT2D eigenvalue weighted by Crippen LogP contribution is 2.41. The van der Waals surface area contributed by atoms with Crippen molar-refractivity contribution in [3.8, 4) is 0 Å². The lowest BCUT2D eigenvalue weighted by Crippen LogP contribution is -2.91. The van der Waals surface area contributed by atoms with Crippen LogP contribution >= 0.6 is 23.2 Å². The number of piperidine rings is 1. The number of nitrogens with two attached hydrogens (primary N) is 1. The summed E-state index contributed by atoms with van der Waals surface area (Å²) in [6.45, 7) is 4.31. The minimum Gasteiger partial charge on any atom is -0.389 e. The van der Waals surface area contributed by atoms with E-state index in [1.54, 1.807) is 0 Å². The van der Waals surface area contributed by atoms with Crippen LogP contribution in [0.15, 0.2) is 48.5 Å². The van der Waals surface area contributed by atoms with E-state index in [0.29, 0.717) is 0 Å². The van der Waals surface area contributed by atoms with Crippen molar-refractivity contribution < 1.29 is 10.4 Å². The summed E-state index contributed by atoms with van der Waals surface area (Å²) < 4.78 is 0. The van der Waals surface area contributed by atoms with Crippen molar-refractivity contribution in [3.05, 3.63) is 69.7 Å². The zero-order valence-corrected chi connectivity index (χ0v) is 16.3. The van der Waals surface area contributed by atoms with Crippen LogP contribution in [-0.4, -0.2) is 10.7 Å². The Morgan fingerprint density at radius 1 is 1.00 bits per heavy atom. The van der Waals surface area contributed by atoms with Crippen LogP contribution in [0.4, 0.5) is 0 Å². The molecule has 3 rings (SSSR count). The van der Waals surface area contributed by atoms with Crippen molar-refractivity contribution >= 4 is 23.2 Å². The fraction of sp³-hybridized carbons (Fsp3) is 0.429.